The molecule has 1 N–H and O–H groups in total. The van der Waals surface area contributed by atoms with Crippen molar-refractivity contribution in [3.8, 4) is 0 Å². The van der Waals surface area contributed by atoms with Gasteiger partial charge in [0.1, 0.15) is 0 Å². The van der Waals surface area contributed by atoms with Gasteiger partial charge in [0.05, 0.1) is 10.6 Å². The summed E-state index contributed by atoms with van der Waals surface area (Å²) in [7, 11) is -3.34. The van der Waals surface area contributed by atoms with E-state index < -0.39 is 26.5 Å². The lowest BCUT2D eigenvalue weighted by Crippen LogP contribution is -2.29. The maximum Gasteiger partial charge on any atom is 0.373 e. The Balaban J connectivity index is 0.00000114. The van der Waals surface area contributed by atoms with Crippen molar-refractivity contribution < 1.29 is 18.0 Å². The molecule has 0 spiro atoms. The van der Waals surface area contributed by atoms with Crippen molar-refractivity contribution in [1.29, 1.82) is 0 Å². The van der Waals surface area contributed by atoms with Crippen molar-refractivity contribution in [1.82, 2.24) is 9.55 Å². The summed E-state index contributed by atoms with van der Waals surface area (Å²) in [6.45, 7) is 4.25. The molecule has 0 bridgehead atoms. The van der Waals surface area contributed by atoms with E-state index in [0.717, 1.165) is 0 Å². The Hall–Kier alpha value is -2.77. The van der Waals surface area contributed by atoms with Gasteiger partial charge in [-0.15, -0.1) is 0 Å². The molecule has 0 aliphatic heterocycles. The number of aryl methyl sites for hydroxylation is 1. The van der Waals surface area contributed by atoms with Gasteiger partial charge in [0, 0.05) is 18.8 Å². The van der Waals surface area contributed by atoms with E-state index in [4.69, 9.17) is 9.59 Å². The number of aromatic nitrogens is 2. The van der Waals surface area contributed by atoms with Crippen molar-refractivity contribution in [3.63, 3.8) is 0 Å². The first kappa shape index (κ1) is 22.3. The monoisotopic (exact) mass is 394 g/mol. The molecule has 8 nitrogen and oxygen atoms in total. The largest absolute Gasteiger partial charge is 0.373 e. The van der Waals surface area contributed by atoms with Crippen LogP contribution < -0.4 is 11.2 Å². The first-order valence-electron chi connectivity index (χ1n) is 8.18. The minimum absolute atomic E-state index is 0.0462. The summed E-state index contributed by atoms with van der Waals surface area (Å²) in [4.78, 5) is 41.4. The summed E-state index contributed by atoms with van der Waals surface area (Å²) < 4.78 is 26.4. The van der Waals surface area contributed by atoms with Crippen LogP contribution in [0, 0.1) is 5.41 Å². The standard InChI is InChI=1S/C17H22N2O4S.CO2/c1-17(2,13-24(22,23)14-7-4-3-5-8-14)10-6-11-19-12-9-15(20)18-16(19)21;2-1-3/h3-5,7-9,12H,6,10-11,13H2,1-2H3,(H,18,20,21);. The minimum Gasteiger partial charge on any atom is -0.301 e. The van der Waals surface area contributed by atoms with Crippen molar-refractivity contribution in [2.24, 2.45) is 5.41 Å². The van der Waals surface area contributed by atoms with Gasteiger partial charge in [-0.05, 0) is 30.4 Å². The maximum atomic E-state index is 12.5. The smallest absolute Gasteiger partial charge is 0.301 e. The summed E-state index contributed by atoms with van der Waals surface area (Å²) in [5, 5.41) is 0. The predicted octanol–water partition coefficient (Wildman–Crippen LogP) is 1.23. The summed E-state index contributed by atoms with van der Waals surface area (Å²) in [5.41, 5.74) is -1.29. The molecule has 1 aromatic heterocycles. The number of benzene rings is 1. The summed E-state index contributed by atoms with van der Waals surface area (Å²) in [6, 6.07) is 9.71. The van der Waals surface area contributed by atoms with Crippen molar-refractivity contribution in [3.05, 3.63) is 63.4 Å². The first-order valence-corrected chi connectivity index (χ1v) is 9.83. The molecule has 0 unspecified atom stereocenters. The second kappa shape index (κ2) is 9.80. The number of H-pyrrole nitrogens is 1. The van der Waals surface area contributed by atoms with Gasteiger partial charge in [-0.3, -0.25) is 9.78 Å². The lowest BCUT2D eigenvalue weighted by atomic mass is 9.90. The second-order valence-corrected chi connectivity index (χ2v) is 8.72. The Labute approximate surface area is 156 Å². The highest BCUT2D eigenvalue weighted by atomic mass is 32.2. The van der Waals surface area contributed by atoms with Crippen molar-refractivity contribution in [2.45, 2.75) is 38.1 Å². The van der Waals surface area contributed by atoms with Crippen LogP contribution in [0.4, 0.5) is 0 Å². The SMILES string of the molecule is CC(C)(CCCn1ccc(=O)[nH]c1=O)CS(=O)(=O)c1ccccc1.O=C=O. The fourth-order valence-corrected chi connectivity index (χ4v) is 4.56. The Morgan fingerprint density at radius 1 is 1.07 bits per heavy atom. The molecular weight excluding hydrogens is 372 g/mol. The molecule has 0 saturated heterocycles. The normalized spacial score (nSPS) is 11.2. The van der Waals surface area contributed by atoms with Gasteiger partial charge in [-0.1, -0.05) is 32.0 Å². The quantitative estimate of drug-likeness (QED) is 0.753. The van der Waals surface area contributed by atoms with Crippen LogP contribution in [0.1, 0.15) is 26.7 Å². The molecule has 9 heteroatoms. The van der Waals surface area contributed by atoms with E-state index in [1.165, 1.54) is 16.8 Å². The first-order chi connectivity index (χ1) is 12.6. The minimum atomic E-state index is -3.34. The van der Waals surface area contributed by atoms with Gasteiger partial charge in [0.15, 0.2) is 9.84 Å². The zero-order valence-corrected chi connectivity index (χ0v) is 16.0. The van der Waals surface area contributed by atoms with Gasteiger partial charge in [-0.25, -0.2) is 13.2 Å². The molecule has 0 aliphatic carbocycles. The van der Waals surface area contributed by atoms with Crippen molar-refractivity contribution >= 4 is 16.0 Å². The molecule has 0 amide bonds. The van der Waals surface area contributed by atoms with Gasteiger partial charge in [-0.2, -0.15) is 9.59 Å². The maximum absolute atomic E-state index is 12.5. The van der Waals surface area contributed by atoms with E-state index in [1.807, 2.05) is 13.8 Å². The highest BCUT2D eigenvalue weighted by molar-refractivity contribution is 7.91. The van der Waals surface area contributed by atoms with E-state index in [0.29, 0.717) is 24.3 Å². The fraction of sp³-hybridized carbons (Fsp3) is 0.389. The Kier molecular flexibility index (Phi) is 8.08. The van der Waals surface area contributed by atoms with Gasteiger partial charge in [0.2, 0.25) is 0 Å². The molecule has 0 radical (unpaired) electrons. The zero-order chi connectivity index (χ0) is 20.5. The number of sulfone groups is 1. The molecule has 0 fully saturated rings. The molecule has 146 valence electrons. The zero-order valence-electron chi connectivity index (χ0n) is 15.2. The highest BCUT2D eigenvalue weighted by Crippen LogP contribution is 2.27. The molecule has 1 heterocycles. The van der Waals surface area contributed by atoms with E-state index in [2.05, 4.69) is 4.98 Å². The molecule has 0 saturated carbocycles. The van der Waals surface area contributed by atoms with Crippen LogP contribution in [0.5, 0.6) is 0 Å². The van der Waals surface area contributed by atoms with E-state index in [9.17, 15) is 18.0 Å². The van der Waals surface area contributed by atoms with Crippen LogP contribution in [0.3, 0.4) is 0 Å². The molecule has 27 heavy (non-hydrogen) atoms. The topological polar surface area (TPSA) is 123 Å². The lowest BCUT2D eigenvalue weighted by molar-refractivity contribution is -0.191. The summed E-state index contributed by atoms with van der Waals surface area (Å²) in [6.07, 6.45) is 2.99. The average molecular weight is 394 g/mol. The van der Waals surface area contributed by atoms with Crippen LogP contribution in [-0.2, 0) is 26.0 Å². The number of rotatable bonds is 7. The van der Waals surface area contributed by atoms with E-state index in [-0.39, 0.29) is 11.9 Å². The Morgan fingerprint density at radius 3 is 2.22 bits per heavy atom. The summed E-state index contributed by atoms with van der Waals surface area (Å²) in [5.74, 6) is 0.0462. The molecule has 0 aliphatic rings. The molecule has 1 aromatic carbocycles. The third-order valence-corrected chi connectivity index (χ3v) is 5.98. The average Bonchev–Trinajstić information content (AvgIpc) is 2.57. The number of aromatic amines is 1. The van der Waals surface area contributed by atoms with E-state index in [1.54, 1.807) is 30.3 Å². The number of carbonyl (C=O) groups excluding carboxylic acids is 2. The third kappa shape index (κ3) is 7.55. The van der Waals surface area contributed by atoms with Gasteiger partial charge >= 0.3 is 11.8 Å². The Bertz CT molecular complexity index is 984. The van der Waals surface area contributed by atoms with Gasteiger partial charge in [0.25, 0.3) is 5.56 Å². The molecule has 2 aromatic rings. The third-order valence-electron chi connectivity index (χ3n) is 3.83. The van der Waals surface area contributed by atoms with Crippen LogP contribution in [0.25, 0.3) is 0 Å². The molecular formula is C18H22N2O6S. The lowest BCUT2D eigenvalue weighted by Gasteiger charge is -2.24. The van der Waals surface area contributed by atoms with Crippen LogP contribution in [0.15, 0.2) is 57.1 Å². The van der Waals surface area contributed by atoms with Gasteiger partial charge < -0.3 is 4.57 Å². The molecule has 0 atom stereocenters. The summed E-state index contributed by atoms with van der Waals surface area (Å²) >= 11 is 0. The van der Waals surface area contributed by atoms with E-state index >= 15 is 0 Å². The highest BCUT2D eigenvalue weighted by Gasteiger charge is 2.27. The second-order valence-electron chi connectivity index (χ2n) is 6.73. The predicted molar refractivity (Wildman–Crippen MR) is 97.8 cm³/mol. The van der Waals surface area contributed by atoms with Crippen molar-refractivity contribution in [2.75, 3.05) is 5.75 Å². The number of nitrogens with zero attached hydrogens (tertiary/aromatic N) is 1. The Morgan fingerprint density at radius 2 is 1.67 bits per heavy atom. The number of hydrogen-bond acceptors (Lipinski definition) is 6. The molecule has 2 rings (SSSR count). The van der Waals surface area contributed by atoms with Crippen LogP contribution in [0.2, 0.25) is 0 Å². The number of nitrogens with one attached hydrogen (secondary N) is 1. The van der Waals surface area contributed by atoms with Crippen LogP contribution in [-0.4, -0.2) is 29.9 Å². The number of hydrogen-bond donors (Lipinski definition) is 1. The fourth-order valence-electron chi connectivity index (χ4n) is 2.65. The van der Waals surface area contributed by atoms with Crippen LogP contribution >= 0.6 is 0 Å².